The minimum Gasteiger partial charge on any atom is -0.508 e. The molecule has 0 radical (unpaired) electrons. The van der Waals surface area contributed by atoms with Gasteiger partial charge >= 0.3 is 0 Å². The zero-order valence-electron chi connectivity index (χ0n) is 18.7. The minimum absolute atomic E-state index is 0.173. The van der Waals surface area contributed by atoms with E-state index in [4.69, 9.17) is 4.98 Å². The first-order valence-electron chi connectivity index (χ1n) is 10.5. The summed E-state index contributed by atoms with van der Waals surface area (Å²) < 4.78 is 2.88. The number of aromatic hydroxyl groups is 1. The fourth-order valence-electron chi connectivity index (χ4n) is 3.99. The van der Waals surface area contributed by atoms with Crippen molar-refractivity contribution >= 4 is 28.0 Å². The standard InChI is InChI=1S/C25H21N5O3S/c1-14-11-20(21-13-34-24(26-21)16-7-6-8-17(31)12-16)15(2)30(14)28-23(32)22-18-9-4-5-10-19(18)25(33)29(3)27-22/h4-13,31H,1-3H3,(H,28,32). The lowest BCUT2D eigenvalue weighted by molar-refractivity contribution is 0.100. The Morgan fingerprint density at radius 3 is 2.59 bits per heavy atom. The lowest BCUT2D eigenvalue weighted by atomic mass is 10.1. The van der Waals surface area contributed by atoms with Crippen molar-refractivity contribution in [1.29, 1.82) is 0 Å². The molecule has 2 N–H and O–H groups in total. The highest BCUT2D eigenvalue weighted by molar-refractivity contribution is 7.13. The predicted molar refractivity (Wildman–Crippen MR) is 133 cm³/mol. The Kier molecular flexibility index (Phi) is 5.25. The Bertz CT molecular complexity index is 1630. The summed E-state index contributed by atoms with van der Waals surface area (Å²) in [5.41, 5.74) is 6.97. The first-order valence-corrected chi connectivity index (χ1v) is 11.4. The van der Waals surface area contributed by atoms with E-state index in [0.717, 1.165) is 33.2 Å². The summed E-state index contributed by atoms with van der Waals surface area (Å²) in [4.78, 5) is 30.4. The Morgan fingerprint density at radius 1 is 1.06 bits per heavy atom. The second-order valence-electron chi connectivity index (χ2n) is 7.97. The smallest absolute Gasteiger partial charge is 0.291 e. The molecule has 3 aromatic heterocycles. The van der Waals surface area contributed by atoms with Crippen molar-refractivity contribution in [3.63, 3.8) is 0 Å². The normalized spacial score (nSPS) is 11.1. The predicted octanol–water partition coefficient (Wildman–Crippen LogP) is 4.23. The average Bonchev–Trinajstić information content (AvgIpc) is 3.42. The van der Waals surface area contributed by atoms with Crippen molar-refractivity contribution in [1.82, 2.24) is 19.4 Å². The third-order valence-electron chi connectivity index (χ3n) is 5.69. The van der Waals surface area contributed by atoms with Gasteiger partial charge in [-0.15, -0.1) is 11.3 Å². The largest absolute Gasteiger partial charge is 0.508 e. The number of aromatic nitrogens is 4. The number of thiazole rings is 1. The Hall–Kier alpha value is -4.24. The van der Waals surface area contributed by atoms with Gasteiger partial charge in [0.1, 0.15) is 10.8 Å². The average molecular weight is 472 g/mol. The summed E-state index contributed by atoms with van der Waals surface area (Å²) in [7, 11) is 1.53. The SMILES string of the molecule is Cc1cc(-c2csc(-c3cccc(O)c3)n2)c(C)n1NC(=O)c1nn(C)c(=O)c2ccccc12. The molecule has 0 aliphatic heterocycles. The lowest BCUT2D eigenvalue weighted by Crippen LogP contribution is -2.29. The quantitative estimate of drug-likeness (QED) is 0.408. The van der Waals surface area contributed by atoms with Gasteiger partial charge in [0.2, 0.25) is 0 Å². The maximum Gasteiger partial charge on any atom is 0.291 e. The van der Waals surface area contributed by atoms with Crippen LogP contribution in [-0.2, 0) is 7.05 Å². The molecule has 0 atom stereocenters. The first-order chi connectivity index (χ1) is 16.3. The van der Waals surface area contributed by atoms with Crippen molar-refractivity contribution in [3.05, 3.63) is 87.4 Å². The van der Waals surface area contributed by atoms with Gasteiger partial charge in [-0.3, -0.25) is 19.7 Å². The second-order valence-corrected chi connectivity index (χ2v) is 8.83. The van der Waals surface area contributed by atoms with E-state index in [1.807, 2.05) is 31.4 Å². The number of carbonyl (C=O) groups is 1. The molecule has 0 fully saturated rings. The molecule has 34 heavy (non-hydrogen) atoms. The van der Waals surface area contributed by atoms with Crippen LogP contribution in [0.1, 0.15) is 21.9 Å². The van der Waals surface area contributed by atoms with Crippen LogP contribution in [0.3, 0.4) is 0 Å². The van der Waals surface area contributed by atoms with Gasteiger partial charge in [0.15, 0.2) is 5.69 Å². The number of aryl methyl sites for hydroxylation is 2. The summed E-state index contributed by atoms with van der Waals surface area (Å²) in [6.45, 7) is 3.80. The molecule has 170 valence electrons. The number of hydrogen-bond donors (Lipinski definition) is 2. The van der Waals surface area contributed by atoms with E-state index >= 15 is 0 Å². The van der Waals surface area contributed by atoms with E-state index < -0.39 is 5.91 Å². The van der Waals surface area contributed by atoms with Crippen LogP contribution >= 0.6 is 11.3 Å². The molecular formula is C25H21N5O3S. The van der Waals surface area contributed by atoms with Gasteiger partial charge in [-0.05, 0) is 38.1 Å². The van der Waals surface area contributed by atoms with Gasteiger partial charge in [-0.25, -0.2) is 9.67 Å². The molecular weight excluding hydrogens is 450 g/mol. The van der Waals surface area contributed by atoms with Gasteiger partial charge in [-0.2, -0.15) is 5.10 Å². The van der Waals surface area contributed by atoms with Crippen LogP contribution in [0.4, 0.5) is 0 Å². The Balaban J connectivity index is 1.49. The van der Waals surface area contributed by atoms with E-state index in [1.54, 1.807) is 47.1 Å². The van der Waals surface area contributed by atoms with Crippen LogP contribution in [0, 0.1) is 13.8 Å². The van der Waals surface area contributed by atoms with Gasteiger partial charge in [0, 0.05) is 40.3 Å². The van der Waals surface area contributed by atoms with Crippen LogP contribution in [0.15, 0.2) is 64.8 Å². The maximum atomic E-state index is 13.2. The highest BCUT2D eigenvalue weighted by atomic mass is 32.1. The molecule has 2 aromatic carbocycles. The molecule has 0 spiro atoms. The maximum absolute atomic E-state index is 13.2. The summed E-state index contributed by atoms with van der Waals surface area (Å²) in [6.07, 6.45) is 0. The van der Waals surface area contributed by atoms with E-state index in [0.29, 0.717) is 10.8 Å². The van der Waals surface area contributed by atoms with Gasteiger partial charge in [-0.1, -0.05) is 30.3 Å². The molecule has 0 unspecified atom stereocenters. The third kappa shape index (κ3) is 3.65. The van der Waals surface area contributed by atoms with Crippen molar-refractivity contribution < 1.29 is 9.90 Å². The van der Waals surface area contributed by atoms with Gasteiger partial charge in [0.05, 0.1) is 11.1 Å². The molecule has 0 aliphatic carbocycles. The zero-order chi connectivity index (χ0) is 24.0. The fraction of sp³-hybridized carbons (Fsp3) is 0.120. The zero-order valence-corrected chi connectivity index (χ0v) is 19.6. The number of phenols is 1. The molecule has 5 aromatic rings. The lowest BCUT2D eigenvalue weighted by Gasteiger charge is -2.13. The molecule has 0 aliphatic rings. The Labute approximate surface area is 198 Å². The fourth-order valence-corrected chi connectivity index (χ4v) is 4.80. The van der Waals surface area contributed by atoms with Crippen molar-refractivity contribution in [3.8, 4) is 27.6 Å². The van der Waals surface area contributed by atoms with E-state index in [2.05, 4.69) is 10.5 Å². The van der Waals surface area contributed by atoms with Crippen LogP contribution in [-0.4, -0.2) is 30.5 Å². The molecule has 5 rings (SSSR count). The summed E-state index contributed by atoms with van der Waals surface area (Å²) in [5.74, 6) is -0.228. The number of benzene rings is 2. The number of rotatable bonds is 4. The molecule has 0 bridgehead atoms. The summed E-state index contributed by atoms with van der Waals surface area (Å²) in [5, 5.41) is 17.7. The second kappa shape index (κ2) is 8.27. The monoisotopic (exact) mass is 471 g/mol. The molecule has 1 amide bonds. The number of nitrogens with one attached hydrogen (secondary N) is 1. The number of carbonyl (C=O) groups excluding carboxylic acids is 1. The molecule has 8 nitrogen and oxygen atoms in total. The molecule has 9 heteroatoms. The van der Waals surface area contributed by atoms with Crippen LogP contribution < -0.4 is 11.0 Å². The molecule has 0 saturated heterocycles. The van der Waals surface area contributed by atoms with Crippen LogP contribution in [0.5, 0.6) is 5.75 Å². The molecule has 3 heterocycles. The number of fused-ring (bicyclic) bond motifs is 1. The van der Waals surface area contributed by atoms with Crippen molar-refractivity contribution in [2.45, 2.75) is 13.8 Å². The van der Waals surface area contributed by atoms with Crippen LogP contribution in [0.2, 0.25) is 0 Å². The summed E-state index contributed by atoms with van der Waals surface area (Å²) >= 11 is 1.48. The first kappa shape index (κ1) is 21.6. The van der Waals surface area contributed by atoms with Gasteiger partial charge < -0.3 is 5.11 Å². The highest BCUT2D eigenvalue weighted by Gasteiger charge is 2.20. The number of amides is 1. The Morgan fingerprint density at radius 2 is 1.82 bits per heavy atom. The summed E-state index contributed by atoms with van der Waals surface area (Å²) in [6, 6.07) is 15.9. The number of hydrogen-bond acceptors (Lipinski definition) is 6. The van der Waals surface area contributed by atoms with E-state index in [1.165, 1.54) is 23.1 Å². The molecule has 0 saturated carbocycles. The number of phenolic OH excluding ortho intramolecular Hbond substituents is 1. The van der Waals surface area contributed by atoms with Gasteiger partial charge in [0.25, 0.3) is 11.5 Å². The van der Waals surface area contributed by atoms with E-state index in [-0.39, 0.29) is 17.0 Å². The van der Waals surface area contributed by atoms with Crippen molar-refractivity contribution in [2.24, 2.45) is 7.05 Å². The van der Waals surface area contributed by atoms with E-state index in [9.17, 15) is 14.7 Å². The highest BCUT2D eigenvalue weighted by Crippen LogP contribution is 2.33. The number of nitrogens with zero attached hydrogens (tertiary/aromatic N) is 4. The minimum atomic E-state index is -0.418. The topological polar surface area (TPSA) is 102 Å². The van der Waals surface area contributed by atoms with Crippen LogP contribution in [0.25, 0.3) is 32.6 Å². The van der Waals surface area contributed by atoms with Crippen molar-refractivity contribution in [2.75, 3.05) is 5.43 Å². The third-order valence-corrected chi connectivity index (χ3v) is 6.58.